The number of ether oxygens (including phenoxy) is 1. The van der Waals surface area contributed by atoms with E-state index in [9.17, 15) is 4.79 Å². The molecule has 1 saturated heterocycles. The molecule has 1 aliphatic heterocycles. The Kier molecular flexibility index (Phi) is 5.18. The molecule has 94 valence electrons. The fraction of sp³-hybridized carbons (Fsp3) is 0.909. The molecule has 0 aliphatic carbocycles. The molecule has 0 spiro atoms. The van der Waals surface area contributed by atoms with Gasteiger partial charge in [-0.15, -0.1) is 0 Å². The largest absolute Gasteiger partial charge is 0.480 e. The molecule has 1 heterocycles. The van der Waals surface area contributed by atoms with E-state index in [0.29, 0.717) is 12.5 Å². The summed E-state index contributed by atoms with van der Waals surface area (Å²) in [6, 6.07) is -0.0358. The summed E-state index contributed by atoms with van der Waals surface area (Å²) in [5, 5.41) is 11.7. The molecule has 1 aliphatic rings. The monoisotopic (exact) mass is 230 g/mol. The molecule has 1 rings (SSSR count). The third kappa shape index (κ3) is 3.43. The van der Waals surface area contributed by atoms with E-state index in [0.717, 1.165) is 19.6 Å². The maximum Gasteiger partial charge on any atom is 0.320 e. The van der Waals surface area contributed by atoms with Crippen LogP contribution in [-0.4, -0.2) is 61.4 Å². The molecule has 5 heteroatoms. The van der Waals surface area contributed by atoms with Crippen molar-refractivity contribution in [1.29, 1.82) is 0 Å². The van der Waals surface area contributed by atoms with Gasteiger partial charge in [-0.1, -0.05) is 0 Å². The number of carbonyl (C=O) groups is 1. The van der Waals surface area contributed by atoms with E-state index in [4.69, 9.17) is 9.84 Å². The number of nitrogens with zero attached hydrogens (tertiary/aromatic N) is 1. The number of carboxylic acids is 1. The maximum atomic E-state index is 10.8. The predicted octanol–water partition coefficient (Wildman–Crippen LogP) is 0.158. The Morgan fingerprint density at radius 2 is 2.38 bits per heavy atom. The Hall–Kier alpha value is -0.650. The molecular weight excluding hydrogens is 208 g/mol. The Morgan fingerprint density at radius 3 is 2.81 bits per heavy atom. The minimum absolute atomic E-state index is 0.253. The Labute approximate surface area is 96.8 Å². The van der Waals surface area contributed by atoms with Gasteiger partial charge < -0.3 is 20.1 Å². The first-order valence-corrected chi connectivity index (χ1v) is 5.78. The van der Waals surface area contributed by atoms with Crippen molar-refractivity contribution in [2.75, 3.05) is 27.2 Å². The second-order valence-electron chi connectivity index (χ2n) is 4.38. The van der Waals surface area contributed by atoms with Gasteiger partial charge >= 0.3 is 5.97 Å². The lowest BCUT2D eigenvalue weighted by molar-refractivity contribution is -0.139. The number of hydrogen-bond acceptors (Lipinski definition) is 4. The lowest BCUT2D eigenvalue weighted by Gasteiger charge is -2.27. The van der Waals surface area contributed by atoms with Gasteiger partial charge in [-0.2, -0.15) is 0 Å². The van der Waals surface area contributed by atoms with E-state index < -0.39 is 12.0 Å². The minimum atomic E-state index is -0.786. The van der Waals surface area contributed by atoms with Crippen molar-refractivity contribution in [3.05, 3.63) is 0 Å². The summed E-state index contributed by atoms with van der Waals surface area (Å²) >= 11 is 0. The van der Waals surface area contributed by atoms with Gasteiger partial charge in [-0.3, -0.25) is 4.79 Å². The molecule has 0 aromatic heterocycles. The van der Waals surface area contributed by atoms with Crippen molar-refractivity contribution < 1.29 is 14.6 Å². The summed E-state index contributed by atoms with van der Waals surface area (Å²) in [5.74, 6) is -0.786. The zero-order chi connectivity index (χ0) is 12.1. The van der Waals surface area contributed by atoms with Gasteiger partial charge in [-0.05, 0) is 33.9 Å². The zero-order valence-corrected chi connectivity index (χ0v) is 10.3. The molecule has 0 aromatic carbocycles. The molecule has 0 amide bonds. The molecule has 2 N–H and O–H groups in total. The molecule has 16 heavy (non-hydrogen) atoms. The summed E-state index contributed by atoms with van der Waals surface area (Å²) in [4.78, 5) is 13.0. The van der Waals surface area contributed by atoms with Crippen LogP contribution in [0.25, 0.3) is 0 Å². The fourth-order valence-electron chi connectivity index (χ4n) is 2.19. The lowest BCUT2D eigenvalue weighted by Crippen LogP contribution is -2.41. The third-order valence-corrected chi connectivity index (χ3v) is 3.32. The first-order valence-electron chi connectivity index (χ1n) is 5.78. The number of aliphatic carboxylic acids is 1. The van der Waals surface area contributed by atoms with E-state index in [-0.39, 0.29) is 6.10 Å². The maximum absolute atomic E-state index is 10.8. The zero-order valence-electron chi connectivity index (χ0n) is 10.3. The van der Waals surface area contributed by atoms with Gasteiger partial charge in [0.15, 0.2) is 0 Å². The highest BCUT2D eigenvalue weighted by atomic mass is 16.5. The molecule has 0 bridgehead atoms. The van der Waals surface area contributed by atoms with Crippen LogP contribution in [0.5, 0.6) is 0 Å². The first kappa shape index (κ1) is 13.4. The highest BCUT2D eigenvalue weighted by Gasteiger charge is 2.28. The van der Waals surface area contributed by atoms with Crippen LogP contribution in [0, 0.1) is 0 Å². The average Bonchev–Trinajstić information content (AvgIpc) is 2.64. The van der Waals surface area contributed by atoms with E-state index >= 15 is 0 Å². The van der Waals surface area contributed by atoms with Crippen molar-refractivity contribution in [2.45, 2.75) is 38.0 Å². The summed E-state index contributed by atoms with van der Waals surface area (Å²) in [6.07, 6.45) is 1.91. The van der Waals surface area contributed by atoms with Crippen molar-refractivity contribution in [3.63, 3.8) is 0 Å². The van der Waals surface area contributed by atoms with Crippen LogP contribution < -0.4 is 5.32 Å². The van der Waals surface area contributed by atoms with Crippen molar-refractivity contribution in [3.8, 4) is 0 Å². The third-order valence-electron chi connectivity index (χ3n) is 3.32. The number of nitrogens with one attached hydrogen (secondary N) is 1. The van der Waals surface area contributed by atoms with Gasteiger partial charge in [0.25, 0.3) is 0 Å². The lowest BCUT2D eigenvalue weighted by atomic mass is 10.1. The first-order chi connectivity index (χ1) is 7.56. The molecule has 0 aromatic rings. The van der Waals surface area contributed by atoms with E-state index in [1.54, 1.807) is 7.05 Å². The highest BCUT2D eigenvalue weighted by Crippen LogP contribution is 2.18. The minimum Gasteiger partial charge on any atom is -0.480 e. The second-order valence-corrected chi connectivity index (χ2v) is 4.38. The Bertz CT molecular complexity index is 235. The average molecular weight is 230 g/mol. The molecule has 3 atom stereocenters. The topological polar surface area (TPSA) is 61.8 Å². The van der Waals surface area contributed by atoms with Crippen LogP contribution in [0.3, 0.4) is 0 Å². The Morgan fingerprint density at radius 1 is 1.69 bits per heavy atom. The smallest absolute Gasteiger partial charge is 0.320 e. The van der Waals surface area contributed by atoms with E-state index in [1.165, 1.54) is 0 Å². The number of carboxylic acid groups (broad SMARTS) is 1. The van der Waals surface area contributed by atoms with Crippen molar-refractivity contribution in [2.24, 2.45) is 0 Å². The molecule has 1 fully saturated rings. The summed E-state index contributed by atoms with van der Waals surface area (Å²) in [7, 11) is 3.71. The quantitative estimate of drug-likeness (QED) is 0.680. The fourth-order valence-corrected chi connectivity index (χ4v) is 2.19. The molecule has 0 radical (unpaired) electrons. The predicted molar refractivity (Wildman–Crippen MR) is 61.5 cm³/mol. The second kappa shape index (κ2) is 6.18. The van der Waals surface area contributed by atoms with Gasteiger partial charge in [0, 0.05) is 19.2 Å². The standard InChI is InChI=1S/C11H22N2O3/c1-8-10(5-7-16-8)13(3)6-4-9(12-2)11(14)15/h8-10,12H,4-7H2,1-3H3,(H,14,15). The van der Waals surface area contributed by atoms with Crippen LogP contribution in [-0.2, 0) is 9.53 Å². The van der Waals surface area contributed by atoms with E-state index in [1.807, 2.05) is 7.05 Å². The SMILES string of the molecule is CNC(CCN(C)C1CCOC1C)C(=O)O. The molecular formula is C11H22N2O3. The van der Waals surface area contributed by atoms with E-state index in [2.05, 4.69) is 17.1 Å². The highest BCUT2D eigenvalue weighted by molar-refractivity contribution is 5.73. The van der Waals surface area contributed by atoms with Gasteiger partial charge in [-0.25, -0.2) is 0 Å². The van der Waals surface area contributed by atoms with Gasteiger partial charge in [0.2, 0.25) is 0 Å². The molecule has 5 nitrogen and oxygen atoms in total. The summed E-state index contributed by atoms with van der Waals surface area (Å²) in [6.45, 7) is 3.65. The Balaban J connectivity index is 2.33. The van der Waals surface area contributed by atoms with Crippen LogP contribution in [0.2, 0.25) is 0 Å². The van der Waals surface area contributed by atoms with Crippen LogP contribution in [0.4, 0.5) is 0 Å². The number of rotatable bonds is 6. The normalized spacial score (nSPS) is 27.2. The number of hydrogen-bond donors (Lipinski definition) is 2. The van der Waals surface area contributed by atoms with Crippen molar-refractivity contribution in [1.82, 2.24) is 10.2 Å². The van der Waals surface area contributed by atoms with Crippen LogP contribution in [0.15, 0.2) is 0 Å². The van der Waals surface area contributed by atoms with Crippen LogP contribution in [0.1, 0.15) is 19.8 Å². The number of likely N-dealkylation sites (N-methyl/N-ethyl adjacent to an activating group) is 2. The summed E-state index contributed by atoms with van der Waals surface area (Å²) < 4.78 is 5.49. The van der Waals surface area contributed by atoms with Crippen molar-refractivity contribution >= 4 is 5.97 Å². The molecule has 0 saturated carbocycles. The van der Waals surface area contributed by atoms with Gasteiger partial charge in [0.1, 0.15) is 6.04 Å². The van der Waals surface area contributed by atoms with Gasteiger partial charge in [0.05, 0.1) is 6.10 Å². The molecule has 3 unspecified atom stereocenters. The van der Waals surface area contributed by atoms with Crippen LogP contribution >= 0.6 is 0 Å². The summed E-state index contributed by atoms with van der Waals surface area (Å²) in [5.41, 5.74) is 0.